The van der Waals surface area contributed by atoms with Gasteiger partial charge in [0.1, 0.15) is 5.78 Å². The molecule has 1 fully saturated rings. The topological polar surface area (TPSA) is 56.0 Å². The lowest BCUT2D eigenvalue weighted by Crippen LogP contribution is -2.04. The second kappa shape index (κ2) is 5.54. The van der Waals surface area contributed by atoms with E-state index in [9.17, 15) is 4.79 Å². The summed E-state index contributed by atoms with van der Waals surface area (Å²) in [5.74, 6) is 0.915. The van der Waals surface area contributed by atoms with Crippen LogP contribution in [0.25, 0.3) is 0 Å². The molecular weight excluding hydrogens is 299 g/mol. The van der Waals surface area contributed by atoms with Crippen LogP contribution in [0.2, 0.25) is 10.0 Å². The molecule has 0 radical (unpaired) electrons. The van der Waals surface area contributed by atoms with Crippen molar-refractivity contribution in [2.75, 3.05) is 0 Å². The molecule has 0 aliphatic heterocycles. The first-order chi connectivity index (χ1) is 9.63. The van der Waals surface area contributed by atoms with E-state index < -0.39 is 0 Å². The summed E-state index contributed by atoms with van der Waals surface area (Å²) in [5.41, 5.74) is 0.876. The molecule has 104 valence electrons. The number of aromatic nitrogens is 2. The van der Waals surface area contributed by atoms with Gasteiger partial charge in [-0.05, 0) is 30.5 Å². The number of carbonyl (C=O) groups excluding carboxylic acids is 1. The fourth-order valence-corrected chi connectivity index (χ4v) is 2.87. The third-order valence-corrected chi connectivity index (χ3v) is 4.04. The number of rotatable bonds is 3. The second-order valence-corrected chi connectivity index (χ2v) is 5.72. The molecular formula is C14H12Cl2N2O2. The number of halogens is 2. The monoisotopic (exact) mass is 310 g/mol. The Morgan fingerprint density at radius 1 is 1.35 bits per heavy atom. The zero-order valence-electron chi connectivity index (χ0n) is 10.6. The van der Waals surface area contributed by atoms with Gasteiger partial charge in [-0.1, -0.05) is 34.4 Å². The molecule has 1 aliphatic carbocycles. The molecule has 0 bridgehead atoms. The van der Waals surface area contributed by atoms with Gasteiger partial charge in [-0.2, -0.15) is 4.98 Å². The van der Waals surface area contributed by atoms with E-state index in [1.807, 2.05) is 6.07 Å². The summed E-state index contributed by atoms with van der Waals surface area (Å²) in [4.78, 5) is 16.0. The quantitative estimate of drug-likeness (QED) is 0.865. The Kier molecular flexibility index (Phi) is 3.76. The van der Waals surface area contributed by atoms with Crippen molar-refractivity contribution in [1.29, 1.82) is 0 Å². The van der Waals surface area contributed by atoms with Crippen LogP contribution in [0, 0.1) is 0 Å². The molecule has 1 aliphatic rings. The lowest BCUT2D eigenvalue weighted by atomic mass is 10.1. The summed E-state index contributed by atoms with van der Waals surface area (Å²) in [6.07, 6.45) is 2.75. The highest BCUT2D eigenvalue weighted by molar-refractivity contribution is 6.35. The smallest absolute Gasteiger partial charge is 0.237 e. The van der Waals surface area contributed by atoms with Crippen molar-refractivity contribution in [1.82, 2.24) is 10.1 Å². The average molecular weight is 311 g/mol. The Balaban J connectivity index is 1.78. The van der Waals surface area contributed by atoms with Gasteiger partial charge >= 0.3 is 0 Å². The molecule has 1 atom stereocenters. The minimum Gasteiger partial charge on any atom is -0.339 e. The first kappa shape index (κ1) is 13.6. The molecule has 2 aromatic rings. The first-order valence-corrected chi connectivity index (χ1v) is 7.18. The SMILES string of the molecule is O=C1CCCC1c1nc(Cc2ccc(Cl)cc2Cl)no1. The van der Waals surface area contributed by atoms with Gasteiger partial charge in [0.15, 0.2) is 5.82 Å². The Morgan fingerprint density at radius 3 is 2.90 bits per heavy atom. The van der Waals surface area contributed by atoms with Crippen LogP contribution in [-0.4, -0.2) is 15.9 Å². The zero-order valence-corrected chi connectivity index (χ0v) is 12.1. The molecule has 20 heavy (non-hydrogen) atoms. The van der Waals surface area contributed by atoms with Gasteiger partial charge in [-0.15, -0.1) is 0 Å². The fraction of sp³-hybridized carbons (Fsp3) is 0.357. The molecule has 0 spiro atoms. The maximum atomic E-state index is 11.7. The van der Waals surface area contributed by atoms with E-state index in [1.54, 1.807) is 12.1 Å². The van der Waals surface area contributed by atoms with E-state index in [0.29, 0.717) is 34.6 Å². The van der Waals surface area contributed by atoms with Crippen LogP contribution in [0.3, 0.4) is 0 Å². The first-order valence-electron chi connectivity index (χ1n) is 6.42. The van der Waals surface area contributed by atoms with Gasteiger partial charge in [0, 0.05) is 22.9 Å². The van der Waals surface area contributed by atoms with Crippen LogP contribution in [0.5, 0.6) is 0 Å². The molecule has 6 heteroatoms. The van der Waals surface area contributed by atoms with Crippen LogP contribution >= 0.6 is 23.2 Å². The molecule has 1 saturated carbocycles. The van der Waals surface area contributed by atoms with Crippen molar-refractivity contribution in [3.8, 4) is 0 Å². The molecule has 1 unspecified atom stereocenters. The van der Waals surface area contributed by atoms with E-state index in [2.05, 4.69) is 10.1 Å². The van der Waals surface area contributed by atoms with Gasteiger partial charge in [0.2, 0.25) is 5.89 Å². The van der Waals surface area contributed by atoms with Gasteiger partial charge < -0.3 is 4.52 Å². The largest absolute Gasteiger partial charge is 0.339 e. The molecule has 1 aromatic carbocycles. The highest BCUT2D eigenvalue weighted by Gasteiger charge is 2.30. The number of carbonyl (C=O) groups is 1. The molecule has 4 nitrogen and oxygen atoms in total. The summed E-state index contributed by atoms with van der Waals surface area (Å²) in [5, 5.41) is 5.08. The number of benzene rings is 1. The summed E-state index contributed by atoms with van der Waals surface area (Å²) in [6, 6.07) is 5.28. The number of hydrogen-bond donors (Lipinski definition) is 0. The van der Waals surface area contributed by atoms with Crippen molar-refractivity contribution < 1.29 is 9.32 Å². The van der Waals surface area contributed by atoms with Crippen molar-refractivity contribution in [3.63, 3.8) is 0 Å². The second-order valence-electron chi connectivity index (χ2n) is 4.87. The predicted octanol–water partition coefficient (Wildman–Crippen LogP) is 3.80. The Bertz CT molecular complexity index is 654. The molecule has 0 N–H and O–H groups in total. The summed E-state index contributed by atoms with van der Waals surface area (Å²) in [7, 11) is 0. The maximum Gasteiger partial charge on any atom is 0.237 e. The van der Waals surface area contributed by atoms with E-state index in [1.165, 1.54) is 0 Å². The normalized spacial score (nSPS) is 18.7. The minimum absolute atomic E-state index is 0.185. The van der Waals surface area contributed by atoms with Crippen LogP contribution < -0.4 is 0 Å². The number of hydrogen-bond acceptors (Lipinski definition) is 4. The van der Waals surface area contributed by atoms with Crippen LogP contribution in [0.15, 0.2) is 22.7 Å². The van der Waals surface area contributed by atoms with E-state index in [0.717, 1.165) is 18.4 Å². The maximum absolute atomic E-state index is 11.7. The van der Waals surface area contributed by atoms with Crippen molar-refractivity contribution >= 4 is 29.0 Å². The van der Waals surface area contributed by atoms with Crippen molar-refractivity contribution in [2.45, 2.75) is 31.6 Å². The summed E-state index contributed by atoms with van der Waals surface area (Å²) < 4.78 is 5.20. The van der Waals surface area contributed by atoms with E-state index in [-0.39, 0.29) is 11.7 Å². The molecule has 0 amide bonds. The van der Waals surface area contributed by atoms with E-state index in [4.69, 9.17) is 27.7 Å². The number of ketones is 1. The fourth-order valence-electron chi connectivity index (χ4n) is 2.39. The van der Waals surface area contributed by atoms with Crippen LogP contribution in [0.4, 0.5) is 0 Å². The van der Waals surface area contributed by atoms with Gasteiger partial charge in [-0.25, -0.2) is 0 Å². The van der Waals surface area contributed by atoms with E-state index >= 15 is 0 Å². The lowest BCUT2D eigenvalue weighted by molar-refractivity contribution is -0.119. The Morgan fingerprint density at radius 2 is 2.20 bits per heavy atom. The minimum atomic E-state index is -0.225. The Hall–Kier alpha value is -1.39. The molecule has 3 rings (SSSR count). The molecule has 1 aromatic heterocycles. The third kappa shape index (κ3) is 2.72. The van der Waals surface area contributed by atoms with Crippen LogP contribution in [0.1, 0.15) is 42.5 Å². The average Bonchev–Trinajstić information content (AvgIpc) is 3.01. The predicted molar refractivity (Wildman–Crippen MR) is 75.2 cm³/mol. The van der Waals surface area contributed by atoms with Gasteiger partial charge in [0.05, 0.1) is 5.92 Å². The molecule has 0 saturated heterocycles. The lowest BCUT2D eigenvalue weighted by Gasteiger charge is -2.01. The third-order valence-electron chi connectivity index (χ3n) is 3.45. The summed E-state index contributed by atoms with van der Waals surface area (Å²) >= 11 is 12.0. The van der Waals surface area contributed by atoms with Gasteiger partial charge in [0.25, 0.3) is 0 Å². The highest BCUT2D eigenvalue weighted by atomic mass is 35.5. The zero-order chi connectivity index (χ0) is 14.1. The number of Topliss-reactive ketones (excluding diaryl/α,β-unsaturated/α-hetero) is 1. The Labute approximate surface area is 126 Å². The number of nitrogens with zero attached hydrogens (tertiary/aromatic N) is 2. The summed E-state index contributed by atoms with van der Waals surface area (Å²) in [6.45, 7) is 0. The van der Waals surface area contributed by atoms with Crippen molar-refractivity contribution in [3.05, 3.63) is 45.5 Å². The highest BCUT2D eigenvalue weighted by Crippen LogP contribution is 2.30. The van der Waals surface area contributed by atoms with Crippen LogP contribution in [-0.2, 0) is 11.2 Å². The standard InChI is InChI=1S/C14H12Cl2N2O2/c15-9-5-4-8(11(16)7-9)6-13-17-14(20-18-13)10-2-1-3-12(10)19/h4-5,7,10H,1-3,6H2. The molecule has 1 heterocycles. The van der Waals surface area contributed by atoms with Gasteiger partial charge in [-0.3, -0.25) is 4.79 Å². The van der Waals surface area contributed by atoms with Crippen molar-refractivity contribution in [2.24, 2.45) is 0 Å².